The van der Waals surface area contributed by atoms with E-state index < -0.39 is 0 Å². The highest BCUT2D eigenvalue weighted by atomic mass is 15.2. The quantitative estimate of drug-likeness (QED) is 0.171. The molecule has 8 aromatic carbocycles. The smallest absolute Gasteiger partial charge is 0.0782 e. The first-order valence-electron chi connectivity index (χ1n) is 18.8. The van der Waals surface area contributed by atoms with Crippen molar-refractivity contribution in [2.45, 2.75) is 38.0 Å². The van der Waals surface area contributed by atoms with Crippen molar-refractivity contribution in [3.8, 4) is 16.8 Å². The second-order valence-electron chi connectivity index (χ2n) is 14.3. The van der Waals surface area contributed by atoms with Crippen molar-refractivity contribution in [2.75, 3.05) is 4.90 Å². The third-order valence-electron chi connectivity index (χ3n) is 11.4. The molecule has 1 aliphatic rings. The molecule has 9 aromatic rings. The van der Waals surface area contributed by atoms with Crippen LogP contribution in [-0.2, 0) is 0 Å². The average Bonchev–Trinajstić information content (AvgIpc) is 3.57. The van der Waals surface area contributed by atoms with E-state index in [1.807, 2.05) is 0 Å². The average molecular weight is 669 g/mol. The number of aromatic nitrogens is 1. The minimum absolute atomic E-state index is 0.593. The Kier molecular flexibility index (Phi) is 7.61. The zero-order valence-corrected chi connectivity index (χ0v) is 29.3. The third kappa shape index (κ3) is 5.01. The van der Waals surface area contributed by atoms with Crippen molar-refractivity contribution in [1.29, 1.82) is 0 Å². The van der Waals surface area contributed by atoms with Crippen LogP contribution in [0.4, 0.5) is 17.1 Å². The third-order valence-corrected chi connectivity index (χ3v) is 11.4. The lowest BCUT2D eigenvalue weighted by molar-refractivity contribution is 0.445. The number of para-hydroxylation sites is 4. The molecule has 1 aliphatic carbocycles. The molecule has 0 bridgehead atoms. The number of rotatable bonds is 6. The topological polar surface area (TPSA) is 8.17 Å². The van der Waals surface area contributed by atoms with E-state index in [9.17, 15) is 0 Å². The van der Waals surface area contributed by atoms with E-state index in [2.05, 4.69) is 185 Å². The Hall–Kier alpha value is -6.12. The summed E-state index contributed by atoms with van der Waals surface area (Å²) in [5.41, 5.74) is 11.1. The van der Waals surface area contributed by atoms with Crippen LogP contribution in [0.3, 0.4) is 0 Å². The Bertz CT molecular complexity index is 2720. The number of nitrogens with zero attached hydrogens (tertiary/aromatic N) is 2. The molecule has 0 amide bonds. The van der Waals surface area contributed by atoms with Gasteiger partial charge in [0.05, 0.1) is 28.1 Å². The van der Waals surface area contributed by atoms with Gasteiger partial charge in [0.25, 0.3) is 0 Å². The predicted octanol–water partition coefficient (Wildman–Crippen LogP) is 14.3. The van der Waals surface area contributed by atoms with Crippen molar-refractivity contribution in [1.82, 2.24) is 4.57 Å². The van der Waals surface area contributed by atoms with Crippen molar-refractivity contribution in [3.63, 3.8) is 0 Å². The summed E-state index contributed by atoms with van der Waals surface area (Å²) in [6.45, 7) is 0. The molecule has 10 rings (SSSR count). The van der Waals surface area contributed by atoms with Crippen LogP contribution in [-0.4, -0.2) is 4.57 Å². The van der Waals surface area contributed by atoms with Crippen LogP contribution < -0.4 is 4.90 Å². The highest BCUT2D eigenvalue weighted by molar-refractivity contribution is 6.16. The molecule has 0 radical (unpaired) electrons. The molecule has 0 atom stereocenters. The van der Waals surface area contributed by atoms with Crippen molar-refractivity contribution in [3.05, 3.63) is 181 Å². The summed E-state index contributed by atoms with van der Waals surface area (Å²) in [6, 6.07) is 65.0. The van der Waals surface area contributed by atoms with Gasteiger partial charge in [-0.05, 0) is 82.4 Å². The maximum atomic E-state index is 2.54. The summed E-state index contributed by atoms with van der Waals surface area (Å²) in [6.07, 6.45) is 6.51. The molecule has 0 N–H and O–H groups in total. The predicted molar refractivity (Wildman–Crippen MR) is 222 cm³/mol. The largest absolute Gasteiger partial charge is 0.307 e. The molecule has 2 heteroatoms. The second-order valence-corrected chi connectivity index (χ2v) is 14.3. The number of anilines is 3. The normalized spacial score (nSPS) is 13.7. The molecule has 2 nitrogen and oxygen atoms in total. The minimum Gasteiger partial charge on any atom is -0.307 e. The molecule has 52 heavy (non-hydrogen) atoms. The Labute approximate surface area is 305 Å². The van der Waals surface area contributed by atoms with E-state index >= 15 is 0 Å². The first-order chi connectivity index (χ1) is 25.8. The molecule has 0 saturated heterocycles. The molecule has 1 saturated carbocycles. The fourth-order valence-corrected chi connectivity index (χ4v) is 9.06. The van der Waals surface area contributed by atoms with Gasteiger partial charge in [-0.15, -0.1) is 0 Å². The Morgan fingerprint density at radius 2 is 1.02 bits per heavy atom. The summed E-state index contributed by atoms with van der Waals surface area (Å²) in [4.78, 5) is 2.54. The summed E-state index contributed by atoms with van der Waals surface area (Å²) < 4.78 is 2.46. The lowest BCUT2D eigenvalue weighted by Crippen LogP contribution is -2.13. The van der Waals surface area contributed by atoms with E-state index in [4.69, 9.17) is 0 Å². The fraction of sp³-hybridized carbons (Fsp3) is 0.120. The van der Waals surface area contributed by atoms with Gasteiger partial charge >= 0.3 is 0 Å². The lowest BCUT2D eigenvalue weighted by Gasteiger charge is -2.31. The van der Waals surface area contributed by atoms with Crippen LogP contribution in [0, 0.1) is 0 Å². The molecule has 1 heterocycles. The zero-order chi connectivity index (χ0) is 34.4. The zero-order valence-electron chi connectivity index (χ0n) is 29.3. The summed E-state index contributed by atoms with van der Waals surface area (Å²) in [5.74, 6) is 0.593. The van der Waals surface area contributed by atoms with Gasteiger partial charge in [0, 0.05) is 27.4 Å². The van der Waals surface area contributed by atoms with Gasteiger partial charge in [0.2, 0.25) is 0 Å². The number of fused-ring (bicyclic) bond motifs is 5. The lowest BCUT2D eigenvalue weighted by atomic mass is 9.80. The van der Waals surface area contributed by atoms with Crippen LogP contribution in [0.25, 0.3) is 60.2 Å². The van der Waals surface area contributed by atoms with Crippen LogP contribution in [0.15, 0.2) is 176 Å². The van der Waals surface area contributed by atoms with Gasteiger partial charge in [0.15, 0.2) is 0 Å². The van der Waals surface area contributed by atoms with Crippen molar-refractivity contribution >= 4 is 60.4 Å². The van der Waals surface area contributed by atoms with Crippen LogP contribution in [0.5, 0.6) is 0 Å². The summed E-state index contributed by atoms with van der Waals surface area (Å²) in [7, 11) is 0. The molecule has 0 spiro atoms. The monoisotopic (exact) mass is 668 g/mol. The van der Waals surface area contributed by atoms with E-state index in [0.29, 0.717) is 5.92 Å². The van der Waals surface area contributed by atoms with E-state index in [1.165, 1.54) is 97.8 Å². The van der Waals surface area contributed by atoms with E-state index in [-0.39, 0.29) is 0 Å². The molecule has 0 aliphatic heterocycles. The van der Waals surface area contributed by atoms with Gasteiger partial charge in [-0.2, -0.15) is 0 Å². The number of hydrogen-bond acceptors (Lipinski definition) is 1. The van der Waals surface area contributed by atoms with Crippen LogP contribution in [0.1, 0.15) is 43.6 Å². The standard InChI is InChI=1S/C50H40N2/c1-3-17-36(18-4-1)40-28-13-21-37-22-14-29-43(49(37)40)41-26-9-12-32-47(41)52(45-33-15-20-35-19-7-8-25-39(35)45)48-34-16-30-44-42-27-10-11-31-46(42)51(50(44)48)38-23-5-2-6-24-38/h2,5-16,19-34,36H,1,3-4,17-18H2. The molecule has 1 fully saturated rings. The first-order valence-corrected chi connectivity index (χ1v) is 18.8. The molecular formula is C50H40N2. The maximum absolute atomic E-state index is 2.54. The SMILES string of the molecule is c1ccc(-n2c3ccccc3c3cccc(N(c4ccccc4-c4cccc5cccc(C6CCCCC6)c45)c4cccc5ccccc45)c32)cc1. The second kappa shape index (κ2) is 12.9. The fourth-order valence-electron chi connectivity index (χ4n) is 9.06. The van der Waals surface area contributed by atoms with Gasteiger partial charge in [-0.3, -0.25) is 0 Å². The van der Waals surface area contributed by atoms with Gasteiger partial charge in [0.1, 0.15) is 0 Å². The molecular weight excluding hydrogens is 629 g/mol. The highest BCUT2D eigenvalue weighted by Gasteiger charge is 2.26. The highest BCUT2D eigenvalue weighted by Crippen LogP contribution is 2.49. The molecule has 1 aromatic heterocycles. The van der Waals surface area contributed by atoms with Crippen molar-refractivity contribution < 1.29 is 0 Å². The molecule has 250 valence electrons. The summed E-state index contributed by atoms with van der Waals surface area (Å²) >= 11 is 0. The van der Waals surface area contributed by atoms with Gasteiger partial charge in [-0.25, -0.2) is 0 Å². The van der Waals surface area contributed by atoms with Crippen LogP contribution >= 0.6 is 0 Å². The van der Waals surface area contributed by atoms with Gasteiger partial charge < -0.3 is 9.47 Å². The minimum atomic E-state index is 0.593. The number of benzene rings is 8. The van der Waals surface area contributed by atoms with Crippen molar-refractivity contribution in [2.24, 2.45) is 0 Å². The number of hydrogen-bond donors (Lipinski definition) is 0. The molecule has 0 unspecified atom stereocenters. The Balaban J connectivity index is 1.32. The van der Waals surface area contributed by atoms with Crippen LogP contribution in [0.2, 0.25) is 0 Å². The van der Waals surface area contributed by atoms with E-state index in [0.717, 1.165) is 17.1 Å². The Morgan fingerprint density at radius 1 is 0.423 bits per heavy atom. The summed E-state index contributed by atoms with van der Waals surface area (Å²) in [5, 5.41) is 7.66. The van der Waals surface area contributed by atoms with E-state index in [1.54, 1.807) is 0 Å². The Morgan fingerprint density at radius 3 is 1.90 bits per heavy atom. The van der Waals surface area contributed by atoms with Gasteiger partial charge in [-0.1, -0.05) is 159 Å². The maximum Gasteiger partial charge on any atom is 0.0782 e. The first kappa shape index (κ1) is 30.7.